The second-order valence-electron chi connectivity index (χ2n) is 5.78. The van der Waals surface area contributed by atoms with Crippen LogP contribution in [-0.4, -0.2) is 10.9 Å². The molecule has 2 aromatic carbocycles. The van der Waals surface area contributed by atoms with E-state index in [9.17, 15) is 9.18 Å². The molecule has 1 heterocycles. The van der Waals surface area contributed by atoms with Gasteiger partial charge in [-0.15, -0.1) is 11.3 Å². The van der Waals surface area contributed by atoms with E-state index in [4.69, 9.17) is 0 Å². The molecule has 3 nitrogen and oxygen atoms in total. The smallest absolute Gasteiger partial charge is 0.258 e. The molecule has 0 atom stereocenters. The van der Waals surface area contributed by atoms with Crippen molar-refractivity contribution in [2.75, 3.05) is 5.32 Å². The predicted molar refractivity (Wildman–Crippen MR) is 108 cm³/mol. The number of rotatable bonds is 4. The van der Waals surface area contributed by atoms with Crippen LogP contribution in [0.2, 0.25) is 0 Å². The number of aromatic nitrogens is 1. The van der Waals surface area contributed by atoms with Crippen molar-refractivity contribution < 1.29 is 9.18 Å². The molecular weight excluding hydrogens is 450 g/mol. The number of benzene rings is 2. The van der Waals surface area contributed by atoms with E-state index in [-0.39, 0.29) is 11.7 Å². The number of carbonyl (C=O) groups excluding carboxylic acids is 1. The number of anilines is 1. The zero-order chi connectivity index (χ0) is 18.0. The molecular formula is C19H16FIN2OS. The molecule has 6 heteroatoms. The van der Waals surface area contributed by atoms with Gasteiger partial charge < -0.3 is 0 Å². The lowest BCUT2D eigenvalue weighted by Crippen LogP contribution is -2.13. The molecule has 25 heavy (non-hydrogen) atoms. The molecule has 0 aliphatic heterocycles. The van der Waals surface area contributed by atoms with Gasteiger partial charge in [-0.3, -0.25) is 10.1 Å². The van der Waals surface area contributed by atoms with Crippen molar-refractivity contribution in [1.82, 2.24) is 4.98 Å². The van der Waals surface area contributed by atoms with Gasteiger partial charge >= 0.3 is 0 Å². The van der Waals surface area contributed by atoms with E-state index in [2.05, 4.69) is 32.9 Å². The Balaban J connectivity index is 1.72. The van der Waals surface area contributed by atoms with Crippen molar-refractivity contribution >= 4 is 45.0 Å². The number of nitrogens with zero attached hydrogens (tertiary/aromatic N) is 1. The fraction of sp³-hybridized carbons (Fsp3) is 0.158. The van der Waals surface area contributed by atoms with Crippen LogP contribution in [0.15, 0.2) is 42.6 Å². The van der Waals surface area contributed by atoms with Gasteiger partial charge in [0.2, 0.25) is 0 Å². The van der Waals surface area contributed by atoms with Crippen molar-refractivity contribution in [3.63, 3.8) is 0 Å². The summed E-state index contributed by atoms with van der Waals surface area (Å²) >= 11 is 3.58. The Morgan fingerprint density at radius 1 is 1.24 bits per heavy atom. The SMILES string of the molecule is Cc1ccc(Cc2cnc(NC(=O)c3cccc(C)c3I)s2)cc1F. The van der Waals surface area contributed by atoms with Gasteiger partial charge in [-0.25, -0.2) is 9.37 Å². The number of hydrogen-bond donors (Lipinski definition) is 1. The van der Waals surface area contributed by atoms with Crippen LogP contribution >= 0.6 is 33.9 Å². The standard InChI is InChI=1S/C19H16FIN2OS/c1-11-6-7-13(9-16(11)20)8-14-10-22-19(25-14)23-18(24)15-5-3-4-12(2)17(15)21/h3-7,9-10H,8H2,1-2H3,(H,22,23,24). The highest BCUT2D eigenvalue weighted by Crippen LogP contribution is 2.24. The number of halogens is 2. The van der Waals surface area contributed by atoms with Crippen LogP contribution in [-0.2, 0) is 6.42 Å². The molecule has 0 bridgehead atoms. The Bertz CT molecular complexity index is 939. The molecule has 0 radical (unpaired) electrons. The maximum atomic E-state index is 13.6. The summed E-state index contributed by atoms with van der Waals surface area (Å²) in [6, 6.07) is 10.9. The Morgan fingerprint density at radius 3 is 2.80 bits per heavy atom. The number of carbonyl (C=O) groups is 1. The summed E-state index contributed by atoms with van der Waals surface area (Å²) in [5, 5.41) is 3.39. The lowest BCUT2D eigenvalue weighted by molar-refractivity contribution is 0.102. The van der Waals surface area contributed by atoms with Crippen LogP contribution < -0.4 is 5.32 Å². The Kier molecular flexibility index (Phi) is 5.48. The fourth-order valence-corrected chi connectivity index (χ4v) is 3.83. The fourth-order valence-electron chi connectivity index (χ4n) is 2.38. The highest BCUT2D eigenvalue weighted by Gasteiger charge is 2.13. The predicted octanol–water partition coefficient (Wildman–Crippen LogP) is 5.35. The summed E-state index contributed by atoms with van der Waals surface area (Å²) in [4.78, 5) is 17.7. The molecule has 1 aromatic heterocycles. The molecule has 1 amide bonds. The van der Waals surface area contributed by atoms with Gasteiger partial charge in [0, 0.05) is 21.1 Å². The minimum absolute atomic E-state index is 0.171. The minimum atomic E-state index is -0.204. The minimum Gasteiger partial charge on any atom is -0.298 e. The maximum Gasteiger partial charge on any atom is 0.258 e. The molecule has 128 valence electrons. The molecule has 0 unspecified atom stereocenters. The van der Waals surface area contributed by atoms with Crippen molar-refractivity contribution in [1.29, 1.82) is 0 Å². The topological polar surface area (TPSA) is 42.0 Å². The summed E-state index contributed by atoms with van der Waals surface area (Å²) in [6.07, 6.45) is 2.31. The molecule has 3 rings (SSSR count). The zero-order valence-electron chi connectivity index (χ0n) is 13.8. The number of hydrogen-bond acceptors (Lipinski definition) is 3. The van der Waals surface area contributed by atoms with Crippen molar-refractivity contribution in [2.45, 2.75) is 20.3 Å². The molecule has 0 saturated carbocycles. The second kappa shape index (κ2) is 7.61. The Hall–Kier alpha value is -1.80. The average molecular weight is 466 g/mol. The summed E-state index contributed by atoms with van der Waals surface area (Å²) in [6.45, 7) is 3.72. The van der Waals surface area contributed by atoms with Crippen LogP contribution in [0.1, 0.15) is 31.9 Å². The van der Waals surface area contributed by atoms with Gasteiger partial charge in [0.15, 0.2) is 5.13 Å². The third kappa shape index (κ3) is 4.24. The van der Waals surface area contributed by atoms with Gasteiger partial charge in [0.25, 0.3) is 5.91 Å². The van der Waals surface area contributed by atoms with E-state index in [1.807, 2.05) is 25.1 Å². The third-order valence-electron chi connectivity index (χ3n) is 3.83. The maximum absolute atomic E-state index is 13.6. The summed E-state index contributed by atoms with van der Waals surface area (Å²) in [5.74, 6) is -0.375. The largest absolute Gasteiger partial charge is 0.298 e. The van der Waals surface area contributed by atoms with E-state index < -0.39 is 0 Å². The van der Waals surface area contributed by atoms with Gasteiger partial charge in [0.05, 0.1) is 5.56 Å². The molecule has 0 spiro atoms. The average Bonchev–Trinajstić information content (AvgIpc) is 3.00. The monoisotopic (exact) mass is 466 g/mol. The Labute approximate surface area is 163 Å². The second-order valence-corrected chi connectivity index (χ2v) is 7.98. The van der Waals surface area contributed by atoms with Gasteiger partial charge in [0.1, 0.15) is 5.82 Å². The normalized spacial score (nSPS) is 10.7. The van der Waals surface area contributed by atoms with Crippen LogP contribution in [0.5, 0.6) is 0 Å². The van der Waals surface area contributed by atoms with E-state index in [1.54, 1.807) is 31.3 Å². The highest BCUT2D eigenvalue weighted by molar-refractivity contribution is 14.1. The van der Waals surface area contributed by atoms with E-state index in [0.29, 0.717) is 22.7 Å². The van der Waals surface area contributed by atoms with Crippen molar-refractivity contribution in [3.05, 3.63) is 79.1 Å². The summed E-state index contributed by atoms with van der Waals surface area (Å²) < 4.78 is 14.6. The van der Waals surface area contributed by atoms with Crippen LogP contribution in [0.3, 0.4) is 0 Å². The van der Waals surface area contributed by atoms with Crippen molar-refractivity contribution in [2.24, 2.45) is 0 Å². The molecule has 0 fully saturated rings. The summed E-state index contributed by atoms with van der Waals surface area (Å²) in [7, 11) is 0. The number of nitrogens with one attached hydrogen (secondary N) is 1. The van der Waals surface area contributed by atoms with E-state index in [0.717, 1.165) is 19.6 Å². The van der Waals surface area contributed by atoms with E-state index in [1.165, 1.54) is 11.3 Å². The van der Waals surface area contributed by atoms with Crippen LogP contribution in [0.25, 0.3) is 0 Å². The first-order valence-electron chi connectivity index (χ1n) is 7.70. The van der Waals surface area contributed by atoms with Crippen LogP contribution in [0, 0.1) is 23.2 Å². The molecule has 0 aliphatic rings. The lowest BCUT2D eigenvalue weighted by Gasteiger charge is -2.06. The quantitative estimate of drug-likeness (QED) is 0.527. The van der Waals surface area contributed by atoms with Gasteiger partial charge in [-0.1, -0.05) is 24.3 Å². The van der Waals surface area contributed by atoms with Crippen molar-refractivity contribution in [3.8, 4) is 0 Å². The lowest BCUT2D eigenvalue weighted by atomic mass is 10.1. The molecule has 3 aromatic rings. The number of amides is 1. The molecule has 0 aliphatic carbocycles. The number of aryl methyl sites for hydroxylation is 2. The Morgan fingerprint density at radius 2 is 2.04 bits per heavy atom. The van der Waals surface area contributed by atoms with Crippen LogP contribution in [0.4, 0.5) is 9.52 Å². The van der Waals surface area contributed by atoms with Gasteiger partial charge in [-0.05, 0) is 65.3 Å². The van der Waals surface area contributed by atoms with Gasteiger partial charge in [-0.2, -0.15) is 0 Å². The zero-order valence-corrected chi connectivity index (χ0v) is 16.7. The molecule has 1 N–H and O–H groups in total. The number of thiazole rings is 1. The first-order valence-corrected chi connectivity index (χ1v) is 9.60. The summed E-state index contributed by atoms with van der Waals surface area (Å²) in [5.41, 5.74) is 3.22. The first-order chi connectivity index (χ1) is 11.9. The van der Waals surface area contributed by atoms with E-state index >= 15 is 0 Å². The molecule has 0 saturated heterocycles. The highest BCUT2D eigenvalue weighted by atomic mass is 127. The third-order valence-corrected chi connectivity index (χ3v) is 6.17. The first kappa shape index (κ1) is 18.0.